The molecule has 1 aliphatic heterocycles. The number of hydrogen-bond acceptors (Lipinski definition) is 9. The van der Waals surface area contributed by atoms with Gasteiger partial charge in [-0.3, -0.25) is 19.3 Å². The number of amides is 3. The summed E-state index contributed by atoms with van der Waals surface area (Å²) in [5.41, 5.74) is 0.784. The highest BCUT2D eigenvalue weighted by Crippen LogP contribution is 2.33. The summed E-state index contributed by atoms with van der Waals surface area (Å²) in [5, 5.41) is 1.87. The molecule has 0 saturated carbocycles. The molecule has 41 heavy (non-hydrogen) atoms. The van der Waals surface area contributed by atoms with Crippen molar-refractivity contribution in [3.8, 4) is 11.6 Å². The summed E-state index contributed by atoms with van der Waals surface area (Å²) < 4.78 is 24.5. The van der Waals surface area contributed by atoms with Crippen LogP contribution in [-0.4, -0.2) is 51.0 Å². The minimum Gasteiger partial charge on any atom is -0.462 e. The molecule has 0 spiro atoms. The molecule has 0 aliphatic carbocycles. The molecule has 4 rings (SSSR count). The molecule has 0 unspecified atom stereocenters. The third kappa shape index (κ3) is 7.81. The molecule has 2 heterocycles. The maximum atomic E-state index is 13.9. The number of esters is 1. The van der Waals surface area contributed by atoms with Crippen molar-refractivity contribution in [2.24, 2.45) is 0 Å². The molecular formula is C27H21Cl2FN4O6S. The fourth-order valence-electron chi connectivity index (χ4n) is 3.46. The number of nitrogens with zero attached hydrogens (tertiary/aromatic N) is 3. The standard InChI is InChI=1S/C27H21Cl2FN4O6S/c1-2-3-9-39-25(37)18-12-16(7-8-19(18)28)32-22(35)14-34-24(36)21(41-27(34)38)11-15-5-4-6-17(10-15)40-23-20(30)13-31-26(29)33-23/h4-8,10-13H,2-3,9,14H2,1H3,(H,32,35)/b21-11+. The molecule has 212 valence electrons. The first-order valence-corrected chi connectivity index (χ1v) is 13.7. The van der Waals surface area contributed by atoms with Crippen molar-refractivity contribution in [3.63, 3.8) is 0 Å². The SMILES string of the molecule is CCCCOC(=O)c1cc(NC(=O)CN2C(=O)S/C(=C/c3cccc(Oc4nc(Cl)ncc4F)c3)C2=O)ccc1Cl. The van der Waals surface area contributed by atoms with Crippen molar-refractivity contribution in [1.82, 2.24) is 14.9 Å². The fourth-order valence-corrected chi connectivity index (χ4v) is 4.62. The van der Waals surface area contributed by atoms with Gasteiger partial charge in [0.2, 0.25) is 17.0 Å². The van der Waals surface area contributed by atoms with Crippen LogP contribution in [0.3, 0.4) is 0 Å². The van der Waals surface area contributed by atoms with E-state index in [2.05, 4.69) is 15.3 Å². The summed E-state index contributed by atoms with van der Waals surface area (Å²) in [7, 11) is 0. The molecule has 3 amide bonds. The normalized spacial score (nSPS) is 14.0. The highest BCUT2D eigenvalue weighted by molar-refractivity contribution is 8.18. The maximum Gasteiger partial charge on any atom is 0.339 e. The van der Waals surface area contributed by atoms with Gasteiger partial charge in [0, 0.05) is 5.69 Å². The lowest BCUT2D eigenvalue weighted by Crippen LogP contribution is -2.36. The van der Waals surface area contributed by atoms with Crippen LogP contribution in [0, 0.1) is 5.82 Å². The summed E-state index contributed by atoms with van der Waals surface area (Å²) >= 11 is 12.5. The van der Waals surface area contributed by atoms with E-state index in [9.17, 15) is 23.6 Å². The van der Waals surface area contributed by atoms with Crippen molar-refractivity contribution in [3.05, 3.63) is 80.8 Å². The largest absolute Gasteiger partial charge is 0.462 e. The van der Waals surface area contributed by atoms with E-state index >= 15 is 0 Å². The zero-order valence-corrected chi connectivity index (χ0v) is 23.7. The zero-order chi connectivity index (χ0) is 29.5. The smallest absolute Gasteiger partial charge is 0.339 e. The molecule has 1 N–H and O–H groups in total. The van der Waals surface area contributed by atoms with E-state index < -0.39 is 35.4 Å². The zero-order valence-electron chi connectivity index (χ0n) is 21.4. The van der Waals surface area contributed by atoms with Gasteiger partial charge in [-0.1, -0.05) is 37.1 Å². The van der Waals surface area contributed by atoms with E-state index in [4.69, 9.17) is 32.7 Å². The van der Waals surface area contributed by atoms with Crippen LogP contribution in [0.4, 0.5) is 14.9 Å². The monoisotopic (exact) mass is 618 g/mol. The first kappa shape index (κ1) is 30.0. The molecule has 0 radical (unpaired) electrons. The van der Waals surface area contributed by atoms with Crippen LogP contribution >= 0.6 is 35.0 Å². The Kier molecular flexibility index (Phi) is 9.92. The van der Waals surface area contributed by atoms with E-state index in [1.54, 1.807) is 12.1 Å². The molecule has 3 aromatic rings. The van der Waals surface area contributed by atoms with Crippen LogP contribution in [0.2, 0.25) is 10.3 Å². The number of ether oxygens (including phenoxy) is 2. The lowest BCUT2D eigenvalue weighted by molar-refractivity contribution is -0.127. The van der Waals surface area contributed by atoms with Crippen LogP contribution in [0.1, 0.15) is 35.7 Å². The molecule has 0 atom stereocenters. The molecule has 1 aromatic heterocycles. The number of carbonyl (C=O) groups is 4. The van der Waals surface area contributed by atoms with Crippen LogP contribution in [0.15, 0.2) is 53.6 Å². The number of imide groups is 1. The summed E-state index contributed by atoms with van der Waals surface area (Å²) in [6.07, 6.45) is 3.86. The van der Waals surface area contributed by atoms with E-state index in [0.717, 1.165) is 17.5 Å². The highest BCUT2D eigenvalue weighted by atomic mass is 35.5. The van der Waals surface area contributed by atoms with Crippen molar-refractivity contribution in [2.45, 2.75) is 19.8 Å². The van der Waals surface area contributed by atoms with Gasteiger partial charge in [-0.25, -0.2) is 9.78 Å². The molecule has 0 bridgehead atoms. The second kappa shape index (κ2) is 13.6. The highest BCUT2D eigenvalue weighted by Gasteiger charge is 2.36. The fraction of sp³-hybridized carbons (Fsp3) is 0.185. The number of benzene rings is 2. The van der Waals surface area contributed by atoms with E-state index in [-0.39, 0.29) is 44.7 Å². The van der Waals surface area contributed by atoms with Gasteiger partial charge in [0.25, 0.3) is 17.0 Å². The molecule has 10 nitrogen and oxygen atoms in total. The van der Waals surface area contributed by atoms with Crippen molar-refractivity contribution in [2.75, 3.05) is 18.5 Å². The number of carbonyl (C=O) groups excluding carboxylic acids is 4. The van der Waals surface area contributed by atoms with Gasteiger partial charge in [0.05, 0.1) is 28.3 Å². The van der Waals surface area contributed by atoms with Gasteiger partial charge in [-0.05, 0) is 71.8 Å². The average Bonchev–Trinajstić information content (AvgIpc) is 3.19. The quantitative estimate of drug-likeness (QED) is 0.120. The predicted molar refractivity (Wildman–Crippen MR) is 151 cm³/mol. The first-order valence-electron chi connectivity index (χ1n) is 12.1. The van der Waals surface area contributed by atoms with Gasteiger partial charge in [0.15, 0.2) is 0 Å². The van der Waals surface area contributed by atoms with Crippen molar-refractivity contribution in [1.29, 1.82) is 0 Å². The Morgan fingerprint density at radius 1 is 1.17 bits per heavy atom. The molecule has 2 aromatic carbocycles. The summed E-state index contributed by atoms with van der Waals surface area (Å²) in [6, 6.07) is 10.5. The minimum atomic E-state index is -0.819. The van der Waals surface area contributed by atoms with Crippen LogP contribution in [-0.2, 0) is 14.3 Å². The number of aromatic nitrogens is 2. The number of thioether (sulfide) groups is 1. The number of hydrogen-bond donors (Lipinski definition) is 1. The lowest BCUT2D eigenvalue weighted by Gasteiger charge is -2.13. The molecule has 1 saturated heterocycles. The molecule has 14 heteroatoms. The average molecular weight is 619 g/mol. The molecule has 1 fully saturated rings. The molecular weight excluding hydrogens is 598 g/mol. The summed E-state index contributed by atoms with van der Waals surface area (Å²) in [5.74, 6) is -2.97. The second-order valence-corrected chi connectivity index (χ2v) is 10.2. The number of unbranched alkanes of at least 4 members (excludes halogenated alkanes) is 1. The number of nitrogens with one attached hydrogen (secondary N) is 1. The number of halogens is 3. The third-order valence-corrected chi connectivity index (χ3v) is 6.85. The number of rotatable bonds is 10. The first-order chi connectivity index (χ1) is 19.6. The Morgan fingerprint density at radius 2 is 1.98 bits per heavy atom. The Hall–Kier alpha value is -4.00. The lowest BCUT2D eigenvalue weighted by atomic mass is 10.2. The van der Waals surface area contributed by atoms with Gasteiger partial charge in [-0.15, -0.1) is 0 Å². The predicted octanol–water partition coefficient (Wildman–Crippen LogP) is 6.35. The minimum absolute atomic E-state index is 0.0693. The van der Waals surface area contributed by atoms with E-state index in [1.165, 1.54) is 36.4 Å². The second-order valence-electron chi connectivity index (χ2n) is 8.47. The van der Waals surface area contributed by atoms with Gasteiger partial charge in [-0.2, -0.15) is 9.37 Å². The summed E-state index contributed by atoms with van der Waals surface area (Å²) in [6.45, 7) is 1.64. The Balaban J connectivity index is 1.41. The Labute approximate surface area is 247 Å². The Morgan fingerprint density at radius 3 is 2.76 bits per heavy atom. The van der Waals surface area contributed by atoms with Crippen LogP contribution in [0.5, 0.6) is 11.6 Å². The van der Waals surface area contributed by atoms with Gasteiger partial charge < -0.3 is 14.8 Å². The van der Waals surface area contributed by atoms with Gasteiger partial charge in [0.1, 0.15) is 12.3 Å². The maximum absolute atomic E-state index is 13.9. The van der Waals surface area contributed by atoms with Crippen molar-refractivity contribution >= 4 is 69.8 Å². The van der Waals surface area contributed by atoms with Crippen molar-refractivity contribution < 1.29 is 33.0 Å². The Bertz CT molecular complexity index is 1550. The third-order valence-electron chi connectivity index (χ3n) is 5.43. The van der Waals surface area contributed by atoms with Gasteiger partial charge >= 0.3 is 5.97 Å². The van der Waals surface area contributed by atoms with Crippen LogP contribution in [0.25, 0.3) is 6.08 Å². The number of anilines is 1. The van der Waals surface area contributed by atoms with Crippen LogP contribution < -0.4 is 10.1 Å². The van der Waals surface area contributed by atoms with E-state index in [0.29, 0.717) is 23.7 Å². The summed E-state index contributed by atoms with van der Waals surface area (Å²) in [4.78, 5) is 58.5. The molecule has 1 aliphatic rings. The topological polar surface area (TPSA) is 128 Å². The van der Waals surface area contributed by atoms with E-state index in [1.807, 2.05) is 6.92 Å².